The van der Waals surface area contributed by atoms with Crippen LogP contribution >= 0.6 is 11.8 Å². The number of rotatable bonds is 10. The minimum absolute atomic E-state index is 0.0417. The number of carbonyl (C=O) groups excluding carboxylic acids is 1. The first-order chi connectivity index (χ1) is 17.5. The highest BCUT2D eigenvalue weighted by Crippen LogP contribution is 2.33. The van der Waals surface area contributed by atoms with Gasteiger partial charge in [0.1, 0.15) is 6.54 Å². The largest absolute Gasteiger partial charge is 0.384 e. The third-order valence-electron chi connectivity index (χ3n) is 5.58. The lowest BCUT2D eigenvalue weighted by Crippen LogP contribution is -2.39. The van der Waals surface area contributed by atoms with E-state index in [1.165, 1.54) is 0 Å². The van der Waals surface area contributed by atoms with Gasteiger partial charge >= 0.3 is 0 Å². The summed E-state index contributed by atoms with van der Waals surface area (Å²) in [5, 5.41) is 14.6. The maximum atomic E-state index is 13.0. The lowest BCUT2D eigenvalue weighted by molar-refractivity contribution is -0.127. The summed E-state index contributed by atoms with van der Waals surface area (Å²) in [6.45, 7) is 0.734. The monoisotopic (exact) mass is 568 g/mol. The van der Waals surface area contributed by atoms with Gasteiger partial charge in [0.05, 0.1) is 23.0 Å². The van der Waals surface area contributed by atoms with Crippen LogP contribution in [0.25, 0.3) is 0 Å². The Kier molecular flexibility index (Phi) is 12.3. The summed E-state index contributed by atoms with van der Waals surface area (Å²) >= 11 is 1.65. The zero-order valence-electron chi connectivity index (χ0n) is 20.5. The van der Waals surface area contributed by atoms with Crippen LogP contribution in [-0.4, -0.2) is 63.1 Å². The van der Waals surface area contributed by atoms with Crippen molar-refractivity contribution in [1.29, 1.82) is 5.26 Å². The Hall–Kier alpha value is -2.66. The van der Waals surface area contributed by atoms with Crippen LogP contribution in [0.2, 0.25) is 0 Å². The molecule has 1 aromatic carbocycles. The van der Waals surface area contributed by atoms with Crippen LogP contribution in [0.15, 0.2) is 58.6 Å². The van der Waals surface area contributed by atoms with E-state index in [0.717, 1.165) is 35.7 Å². The van der Waals surface area contributed by atoms with Crippen molar-refractivity contribution in [2.45, 2.75) is 35.5 Å². The lowest BCUT2D eigenvalue weighted by atomic mass is 9.80. The number of benzene rings is 1. The molecule has 0 radical (unpaired) electrons. The molecule has 13 heteroatoms. The van der Waals surface area contributed by atoms with Gasteiger partial charge in [0, 0.05) is 41.2 Å². The maximum Gasteiger partial charge on any atom is 0.261 e. The summed E-state index contributed by atoms with van der Waals surface area (Å²) in [4.78, 5) is 17.7. The molecule has 1 fully saturated rings. The molecule has 3 N–H and O–H groups in total. The highest BCUT2D eigenvalue weighted by atomic mass is 32.2. The fraction of sp³-hybridized carbons (Fsp3) is 0.458. The van der Waals surface area contributed by atoms with Gasteiger partial charge in [0.2, 0.25) is 5.91 Å². The molecule has 37 heavy (non-hydrogen) atoms. The molecule has 1 heterocycles. The molecule has 2 aromatic rings. The summed E-state index contributed by atoms with van der Waals surface area (Å²) in [5.74, 6) is 0.0182. The molecule has 2 atom stereocenters. The Bertz CT molecular complexity index is 1240. The molecule has 1 aliphatic carbocycles. The second-order valence-corrected chi connectivity index (χ2v) is 13.2. The van der Waals surface area contributed by atoms with Gasteiger partial charge in [0.15, 0.2) is 9.84 Å². The zero-order chi connectivity index (χ0) is 27.3. The molecule has 1 saturated carbocycles. The topological polar surface area (TPSA) is 166 Å². The fourth-order valence-corrected chi connectivity index (χ4v) is 6.44. The summed E-state index contributed by atoms with van der Waals surface area (Å²) in [6.07, 6.45) is 7.40. The molecule has 202 valence electrons. The third-order valence-corrected chi connectivity index (χ3v) is 8.46. The summed E-state index contributed by atoms with van der Waals surface area (Å²) in [6, 6.07) is 12.7. The normalized spacial score (nSPS) is 17.5. The van der Waals surface area contributed by atoms with Gasteiger partial charge in [-0.15, -0.1) is 11.8 Å². The second-order valence-electron chi connectivity index (χ2n) is 8.52. The smallest absolute Gasteiger partial charge is 0.261 e. The van der Waals surface area contributed by atoms with Crippen LogP contribution in [0.1, 0.15) is 25.7 Å². The molecule has 0 bridgehead atoms. The highest BCUT2D eigenvalue weighted by molar-refractivity contribution is 7.99. The number of carbonyl (C=O) groups is 1. The van der Waals surface area contributed by atoms with Crippen molar-refractivity contribution < 1.29 is 26.2 Å². The SMILES string of the molecule is CS(=O)(=O)O.N#CCNC(=O)[C@@H]1CCCC[C@H]1CS(=O)(=O)c1ccc(SCCNc2ccncc2)cc1. The molecule has 1 aliphatic rings. The van der Waals surface area contributed by atoms with Crippen LogP contribution in [0.5, 0.6) is 0 Å². The Morgan fingerprint density at radius 2 is 1.73 bits per heavy atom. The van der Waals surface area contributed by atoms with E-state index in [4.69, 9.17) is 9.81 Å². The average molecular weight is 569 g/mol. The van der Waals surface area contributed by atoms with E-state index in [0.29, 0.717) is 24.0 Å². The predicted molar refractivity (Wildman–Crippen MR) is 143 cm³/mol. The summed E-state index contributed by atoms with van der Waals surface area (Å²) < 4.78 is 51.9. The number of anilines is 1. The lowest BCUT2D eigenvalue weighted by Gasteiger charge is -2.30. The van der Waals surface area contributed by atoms with E-state index in [-0.39, 0.29) is 30.0 Å². The minimum Gasteiger partial charge on any atom is -0.384 e. The number of hydrogen-bond acceptors (Lipinski definition) is 9. The van der Waals surface area contributed by atoms with E-state index >= 15 is 0 Å². The first kappa shape index (κ1) is 30.6. The quantitative estimate of drug-likeness (QED) is 0.168. The number of nitrogens with one attached hydrogen (secondary N) is 2. The summed E-state index contributed by atoms with van der Waals surface area (Å²) in [7, 11) is -7.16. The van der Waals surface area contributed by atoms with Gasteiger partial charge in [-0.05, 0) is 55.2 Å². The predicted octanol–water partition coefficient (Wildman–Crippen LogP) is 3.01. The number of aromatic nitrogens is 1. The zero-order valence-corrected chi connectivity index (χ0v) is 23.0. The number of amides is 1. The van der Waals surface area contributed by atoms with Crippen molar-refractivity contribution in [3.05, 3.63) is 48.8 Å². The number of hydrogen-bond donors (Lipinski definition) is 3. The van der Waals surface area contributed by atoms with E-state index < -0.39 is 20.0 Å². The van der Waals surface area contributed by atoms with E-state index in [1.807, 2.05) is 30.3 Å². The van der Waals surface area contributed by atoms with Crippen molar-refractivity contribution in [3.63, 3.8) is 0 Å². The van der Waals surface area contributed by atoms with Gasteiger partial charge < -0.3 is 10.6 Å². The van der Waals surface area contributed by atoms with E-state index in [1.54, 1.807) is 36.3 Å². The van der Waals surface area contributed by atoms with Crippen molar-refractivity contribution in [3.8, 4) is 6.07 Å². The first-order valence-electron chi connectivity index (χ1n) is 11.7. The maximum absolute atomic E-state index is 13.0. The number of sulfone groups is 1. The van der Waals surface area contributed by atoms with Crippen LogP contribution < -0.4 is 10.6 Å². The van der Waals surface area contributed by atoms with Gasteiger partial charge in [-0.3, -0.25) is 14.3 Å². The Morgan fingerprint density at radius 3 is 2.35 bits per heavy atom. The van der Waals surface area contributed by atoms with E-state index in [9.17, 15) is 21.6 Å². The minimum atomic E-state index is -3.67. The van der Waals surface area contributed by atoms with Crippen LogP contribution in [0.4, 0.5) is 5.69 Å². The van der Waals surface area contributed by atoms with Crippen LogP contribution in [0, 0.1) is 23.2 Å². The Labute approximate surface area is 222 Å². The molecular weight excluding hydrogens is 536 g/mol. The number of nitrogens with zero attached hydrogens (tertiary/aromatic N) is 2. The van der Waals surface area contributed by atoms with Gasteiger partial charge in [-0.2, -0.15) is 13.7 Å². The average Bonchev–Trinajstić information content (AvgIpc) is 2.85. The molecular formula is C24H32N4O6S3. The molecule has 0 spiro atoms. The van der Waals surface area contributed by atoms with Gasteiger partial charge in [-0.25, -0.2) is 8.42 Å². The molecule has 10 nitrogen and oxygen atoms in total. The van der Waals surface area contributed by atoms with Crippen molar-refractivity contribution in [1.82, 2.24) is 10.3 Å². The summed E-state index contributed by atoms with van der Waals surface area (Å²) in [5.41, 5.74) is 1.02. The molecule has 1 amide bonds. The van der Waals surface area contributed by atoms with Crippen LogP contribution in [0.3, 0.4) is 0 Å². The van der Waals surface area contributed by atoms with Gasteiger partial charge in [0.25, 0.3) is 10.1 Å². The van der Waals surface area contributed by atoms with Crippen LogP contribution in [-0.2, 0) is 24.7 Å². The van der Waals surface area contributed by atoms with Gasteiger partial charge in [-0.1, -0.05) is 12.8 Å². The molecule has 0 aliphatic heterocycles. The highest BCUT2D eigenvalue weighted by Gasteiger charge is 2.34. The van der Waals surface area contributed by atoms with Crippen molar-refractivity contribution in [2.24, 2.45) is 11.8 Å². The molecule has 0 unspecified atom stereocenters. The Balaban J connectivity index is 0.000000877. The number of thioether (sulfide) groups is 1. The fourth-order valence-electron chi connectivity index (χ4n) is 3.97. The molecule has 1 aromatic heterocycles. The Morgan fingerprint density at radius 1 is 1.11 bits per heavy atom. The first-order valence-corrected chi connectivity index (χ1v) is 16.1. The number of pyridine rings is 1. The van der Waals surface area contributed by atoms with E-state index in [2.05, 4.69) is 15.6 Å². The molecule has 0 saturated heterocycles. The number of nitriles is 1. The standard InChI is InChI=1S/C23H28N4O3S2.CH4O3S/c24-11-14-27-23(28)22-4-2-1-3-18(22)17-32(29,30)21-7-5-20(6-8-21)31-16-15-26-19-9-12-25-13-10-19;1-5(2,3)4/h5-10,12-13,18,22H,1-4,14-17H2,(H,25,26)(H,27,28);1H3,(H,2,3,4)/t18-,22+;/m0./s1. The second kappa shape index (κ2) is 14.9. The van der Waals surface area contributed by atoms with Crippen molar-refractivity contribution in [2.75, 3.05) is 36.2 Å². The third kappa shape index (κ3) is 12.0. The molecule has 3 rings (SSSR count). The van der Waals surface area contributed by atoms with Crippen molar-refractivity contribution >= 4 is 43.3 Å².